The number of ether oxygens (including phenoxy) is 2. The monoisotopic (exact) mass is 391 g/mol. The zero-order chi connectivity index (χ0) is 20.5. The van der Waals surface area contributed by atoms with E-state index in [0.29, 0.717) is 18.0 Å². The number of amides is 1. The number of carbonyl (C=O) groups is 1. The molecule has 29 heavy (non-hydrogen) atoms. The molecule has 0 aliphatic heterocycles. The Hall–Kier alpha value is -3.38. The molecule has 3 rings (SSSR count). The van der Waals surface area contributed by atoms with E-state index >= 15 is 0 Å². The summed E-state index contributed by atoms with van der Waals surface area (Å²) in [6, 6.07) is 17.3. The largest absolute Gasteiger partial charge is 0.493 e. The standard InChI is InChI=1S/C23H25N3O3/c1-17-3-6-20(7-4-17)26-23(27)16-29-21-8-5-19(13-22(21)28-2)15-25-14-18-9-11-24-12-10-18/h3-13,25H,14-16H2,1-2H3,(H,26,27). The summed E-state index contributed by atoms with van der Waals surface area (Å²) in [6.07, 6.45) is 3.56. The Morgan fingerprint density at radius 1 is 0.931 bits per heavy atom. The van der Waals surface area contributed by atoms with Crippen molar-refractivity contribution in [2.24, 2.45) is 0 Å². The highest BCUT2D eigenvalue weighted by Gasteiger charge is 2.09. The predicted molar refractivity (Wildman–Crippen MR) is 113 cm³/mol. The van der Waals surface area contributed by atoms with E-state index in [2.05, 4.69) is 15.6 Å². The lowest BCUT2D eigenvalue weighted by Gasteiger charge is -2.13. The maximum atomic E-state index is 12.1. The van der Waals surface area contributed by atoms with Gasteiger partial charge in [-0.2, -0.15) is 0 Å². The van der Waals surface area contributed by atoms with E-state index in [9.17, 15) is 4.79 Å². The van der Waals surface area contributed by atoms with Crippen molar-refractivity contribution in [2.45, 2.75) is 20.0 Å². The predicted octanol–water partition coefficient (Wildman–Crippen LogP) is 3.71. The van der Waals surface area contributed by atoms with Crippen molar-refractivity contribution in [3.8, 4) is 11.5 Å². The third kappa shape index (κ3) is 6.33. The lowest BCUT2D eigenvalue weighted by atomic mass is 10.2. The molecule has 6 nitrogen and oxygen atoms in total. The molecule has 2 N–H and O–H groups in total. The van der Waals surface area contributed by atoms with Crippen molar-refractivity contribution >= 4 is 11.6 Å². The van der Waals surface area contributed by atoms with E-state index in [0.717, 1.165) is 23.4 Å². The minimum atomic E-state index is -0.223. The minimum Gasteiger partial charge on any atom is -0.493 e. The summed E-state index contributed by atoms with van der Waals surface area (Å²) in [5.74, 6) is 0.903. The number of hydrogen-bond donors (Lipinski definition) is 2. The SMILES string of the molecule is COc1cc(CNCc2ccncc2)ccc1OCC(=O)Nc1ccc(C)cc1. The molecule has 0 aliphatic carbocycles. The summed E-state index contributed by atoms with van der Waals surface area (Å²) >= 11 is 0. The molecule has 0 fully saturated rings. The molecule has 0 unspecified atom stereocenters. The number of nitrogens with one attached hydrogen (secondary N) is 2. The molecule has 0 saturated heterocycles. The highest BCUT2D eigenvalue weighted by Crippen LogP contribution is 2.28. The van der Waals surface area contributed by atoms with Crippen LogP contribution in [-0.4, -0.2) is 24.6 Å². The van der Waals surface area contributed by atoms with Crippen molar-refractivity contribution < 1.29 is 14.3 Å². The number of rotatable bonds is 9. The van der Waals surface area contributed by atoms with Gasteiger partial charge >= 0.3 is 0 Å². The number of carbonyl (C=O) groups excluding carboxylic acids is 1. The number of aromatic nitrogens is 1. The molecule has 0 spiro atoms. The van der Waals surface area contributed by atoms with Crippen LogP contribution in [0, 0.1) is 6.92 Å². The summed E-state index contributed by atoms with van der Waals surface area (Å²) in [7, 11) is 1.59. The molecule has 0 bridgehead atoms. The number of nitrogens with zero attached hydrogens (tertiary/aromatic N) is 1. The van der Waals surface area contributed by atoms with Crippen LogP contribution in [0.4, 0.5) is 5.69 Å². The van der Waals surface area contributed by atoms with Gasteiger partial charge in [-0.15, -0.1) is 0 Å². The second-order valence-electron chi connectivity index (χ2n) is 6.65. The fourth-order valence-corrected chi connectivity index (χ4v) is 2.77. The van der Waals surface area contributed by atoms with E-state index in [1.807, 2.05) is 61.5 Å². The third-order valence-corrected chi connectivity index (χ3v) is 4.33. The van der Waals surface area contributed by atoms with E-state index < -0.39 is 0 Å². The summed E-state index contributed by atoms with van der Waals surface area (Å²) in [4.78, 5) is 16.1. The van der Waals surface area contributed by atoms with Crippen molar-refractivity contribution in [1.29, 1.82) is 0 Å². The Balaban J connectivity index is 1.51. The second-order valence-corrected chi connectivity index (χ2v) is 6.65. The van der Waals surface area contributed by atoms with Crippen LogP contribution >= 0.6 is 0 Å². The van der Waals surface area contributed by atoms with Crippen LogP contribution in [0.25, 0.3) is 0 Å². The summed E-state index contributed by atoms with van der Waals surface area (Å²) < 4.78 is 11.1. The number of pyridine rings is 1. The van der Waals surface area contributed by atoms with Gasteiger partial charge in [-0.3, -0.25) is 9.78 Å². The van der Waals surface area contributed by atoms with Crippen LogP contribution in [0.5, 0.6) is 11.5 Å². The molecular weight excluding hydrogens is 366 g/mol. The van der Waals surface area contributed by atoms with Gasteiger partial charge in [-0.25, -0.2) is 0 Å². The fourth-order valence-electron chi connectivity index (χ4n) is 2.77. The molecule has 0 radical (unpaired) electrons. The van der Waals surface area contributed by atoms with Crippen LogP contribution in [0.15, 0.2) is 67.0 Å². The van der Waals surface area contributed by atoms with Crippen LogP contribution in [0.1, 0.15) is 16.7 Å². The molecule has 0 aliphatic rings. The molecule has 3 aromatic rings. The zero-order valence-electron chi connectivity index (χ0n) is 16.6. The van der Waals surface area contributed by atoms with Crippen molar-refractivity contribution in [3.05, 3.63) is 83.7 Å². The quantitative estimate of drug-likeness (QED) is 0.582. The van der Waals surface area contributed by atoms with Crippen molar-refractivity contribution in [2.75, 3.05) is 19.0 Å². The Morgan fingerprint density at radius 3 is 2.38 bits per heavy atom. The Bertz CT molecular complexity index is 928. The van der Waals surface area contributed by atoms with Gasteiger partial charge in [-0.1, -0.05) is 23.8 Å². The molecule has 2 aromatic carbocycles. The molecular formula is C23H25N3O3. The summed E-state index contributed by atoms with van der Waals surface area (Å²) in [5, 5.41) is 6.19. The first-order valence-corrected chi connectivity index (χ1v) is 9.40. The summed E-state index contributed by atoms with van der Waals surface area (Å²) in [6.45, 7) is 3.35. The number of anilines is 1. The summed E-state index contributed by atoms with van der Waals surface area (Å²) in [5.41, 5.74) is 4.12. The molecule has 1 amide bonds. The number of methoxy groups -OCH3 is 1. The normalized spacial score (nSPS) is 10.4. The first-order chi connectivity index (χ1) is 14.1. The second kappa shape index (κ2) is 10.2. The van der Waals surface area contributed by atoms with Gasteiger partial charge in [0.15, 0.2) is 18.1 Å². The topological polar surface area (TPSA) is 72.5 Å². The zero-order valence-corrected chi connectivity index (χ0v) is 16.6. The van der Waals surface area contributed by atoms with Crippen molar-refractivity contribution in [3.63, 3.8) is 0 Å². The minimum absolute atomic E-state index is 0.0934. The van der Waals surface area contributed by atoms with Gasteiger partial charge in [0, 0.05) is 31.2 Å². The molecule has 0 atom stereocenters. The number of benzene rings is 2. The molecule has 0 saturated carbocycles. The van der Waals surface area contributed by atoms with Crippen molar-refractivity contribution in [1.82, 2.24) is 10.3 Å². The smallest absolute Gasteiger partial charge is 0.262 e. The lowest BCUT2D eigenvalue weighted by molar-refractivity contribution is -0.118. The Morgan fingerprint density at radius 2 is 1.66 bits per heavy atom. The van der Waals surface area contributed by atoms with E-state index in [4.69, 9.17) is 9.47 Å². The fraction of sp³-hybridized carbons (Fsp3) is 0.217. The molecule has 6 heteroatoms. The average Bonchev–Trinajstić information content (AvgIpc) is 2.75. The van der Waals surface area contributed by atoms with Crippen LogP contribution in [0.2, 0.25) is 0 Å². The Kier molecular flexibility index (Phi) is 7.19. The highest BCUT2D eigenvalue weighted by molar-refractivity contribution is 5.91. The maximum absolute atomic E-state index is 12.1. The molecule has 150 valence electrons. The van der Waals surface area contributed by atoms with E-state index in [-0.39, 0.29) is 12.5 Å². The maximum Gasteiger partial charge on any atom is 0.262 e. The van der Waals surface area contributed by atoms with Gasteiger partial charge in [-0.05, 0) is 54.4 Å². The van der Waals surface area contributed by atoms with Gasteiger partial charge < -0.3 is 20.1 Å². The van der Waals surface area contributed by atoms with E-state index in [1.54, 1.807) is 19.5 Å². The first-order valence-electron chi connectivity index (χ1n) is 9.40. The number of hydrogen-bond acceptors (Lipinski definition) is 5. The van der Waals surface area contributed by atoms with Gasteiger partial charge in [0.05, 0.1) is 7.11 Å². The van der Waals surface area contributed by atoms with Crippen LogP contribution in [0.3, 0.4) is 0 Å². The first kappa shape index (κ1) is 20.4. The third-order valence-electron chi connectivity index (χ3n) is 4.33. The molecule has 1 heterocycles. The van der Waals surface area contributed by atoms with Gasteiger partial charge in [0.1, 0.15) is 0 Å². The highest BCUT2D eigenvalue weighted by atomic mass is 16.5. The van der Waals surface area contributed by atoms with Crippen LogP contribution in [-0.2, 0) is 17.9 Å². The Labute approximate surface area is 170 Å². The number of aryl methyl sites for hydroxylation is 1. The lowest BCUT2D eigenvalue weighted by Crippen LogP contribution is -2.20. The van der Waals surface area contributed by atoms with Gasteiger partial charge in [0.25, 0.3) is 5.91 Å². The van der Waals surface area contributed by atoms with Crippen LogP contribution < -0.4 is 20.1 Å². The van der Waals surface area contributed by atoms with Gasteiger partial charge in [0.2, 0.25) is 0 Å². The van der Waals surface area contributed by atoms with E-state index in [1.165, 1.54) is 5.56 Å². The average molecular weight is 391 g/mol. The molecule has 1 aromatic heterocycles.